The van der Waals surface area contributed by atoms with Crippen molar-refractivity contribution in [1.29, 1.82) is 0 Å². The minimum absolute atomic E-state index is 0.101. The van der Waals surface area contributed by atoms with Crippen LogP contribution in [0.1, 0.15) is 19.8 Å². The summed E-state index contributed by atoms with van der Waals surface area (Å²) in [6.07, 6.45) is 0.350. The molecule has 2 N–H and O–H groups in total. The molecular formula is C8H14N2O3. The van der Waals surface area contributed by atoms with Crippen LogP contribution in [0.3, 0.4) is 0 Å². The molecule has 0 aromatic carbocycles. The average molecular weight is 186 g/mol. The Morgan fingerprint density at radius 2 is 2.46 bits per heavy atom. The largest absolute Gasteiger partial charge is 0.465 e. The zero-order valence-corrected chi connectivity index (χ0v) is 7.62. The Labute approximate surface area is 76.7 Å². The quantitative estimate of drug-likeness (QED) is 0.650. The summed E-state index contributed by atoms with van der Waals surface area (Å²) in [5, 5.41) is 10.7. The molecule has 5 heteroatoms. The van der Waals surface area contributed by atoms with E-state index in [1.54, 1.807) is 4.90 Å². The highest BCUT2D eigenvalue weighted by atomic mass is 16.4. The number of hydrogen-bond acceptors (Lipinski definition) is 2. The van der Waals surface area contributed by atoms with Gasteiger partial charge in [0, 0.05) is 13.1 Å². The standard InChI is InChI=1S/C8H14N2O3/c1-2-10-5-3-4-6(7(10)11)9-8(12)13/h6,9H,2-5H2,1H3,(H,12,13)/t6-/m0/s1. The third-order valence-corrected chi connectivity index (χ3v) is 2.21. The smallest absolute Gasteiger partial charge is 0.405 e. The number of likely N-dealkylation sites (N-methyl/N-ethyl adjacent to an activating group) is 1. The SMILES string of the molecule is CCN1CCC[C@H](NC(=O)O)C1=O. The van der Waals surface area contributed by atoms with Gasteiger partial charge in [0.15, 0.2) is 0 Å². The summed E-state index contributed by atoms with van der Waals surface area (Å²) in [5.41, 5.74) is 0. The molecule has 74 valence electrons. The minimum atomic E-state index is -1.13. The van der Waals surface area contributed by atoms with Crippen LogP contribution < -0.4 is 5.32 Å². The van der Waals surface area contributed by atoms with Crippen LogP contribution in [0.15, 0.2) is 0 Å². The maximum atomic E-state index is 11.5. The molecule has 0 saturated carbocycles. The predicted octanol–water partition coefficient (Wildman–Crippen LogP) is 0.265. The first-order chi connectivity index (χ1) is 6.15. The topological polar surface area (TPSA) is 69.6 Å². The third kappa shape index (κ3) is 2.34. The van der Waals surface area contributed by atoms with Crippen LogP contribution in [-0.2, 0) is 4.79 Å². The number of hydrogen-bond donors (Lipinski definition) is 2. The van der Waals surface area contributed by atoms with Crippen molar-refractivity contribution < 1.29 is 14.7 Å². The van der Waals surface area contributed by atoms with Crippen molar-refractivity contribution in [3.63, 3.8) is 0 Å². The second-order valence-electron chi connectivity index (χ2n) is 3.06. The molecule has 1 saturated heterocycles. The average Bonchev–Trinajstić information content (AvgIpc) is 2.08. The predicted molar refractivity (Wildman–Crippen MR) is 46.4 cm³/mol. The molecular weight excluding hydrogens is 172 g/mol. The van der Waals surface area contributed by atoms with Gasteiger partial charge >= 0.3 is 6.09 Å². The van der Waals surface area contributed by atoms with Crippen LogP contribution >= 0.6 is 0 Å². The normalized spacial score (nSPS) is 23.0. The number of carboxylic acid groups (broad SMARTS) is 1. The van der Waals surface area contributed by atoms with E-state index in [9.17, 15) is 9.59 Å². The first-order valence-corrected chi connectivity index (χ1v) is 4.43. The zero-order valence-electron chi connectivity index (χ0n) is 7.62. The summed E-state index contributed by atoms with van der Waals surface area (Å²) in [7, 11) is 0. The molecule has 13 heavy (non-hydrogen) atoms. The third-order valence-electron chi connectivity index (χ3n) is 2.21. The van der Waals surface area contributed by atoms with E-state index >= 15 is 0 Å². The summed E-state index contributed by atoms with van der Waals surface area (Å²) in [6, 6.07) is -0.536. The molecule has 1 fully saturated rings. The van der Waals surface area contributed by atoms with Crippen molar-refractivity contribution in [3.05, 3.63) is 0 Å². The Hall–Kier alpha value is -1.26. The summed E-state index contributed by atoms with van der Waals surface area (Å²) in [5.74, 6) is -0.101. The van der Waals surface area contributed by atoms with Crippen molar-refractivity contribution in [1.82, 2.24) is 10.2 Å². The Morgan fingerprint density at radius 1 is 1.77 bits per heavy atom. The van der Waals surface area contributed by atoms with E-state index in [2.05, 4.69) is 5.32 Å². The molecule has 0 aromatic rings. The molecule has 0 unspecified atom stereocenters. The van der Waals surface area contributed by atoms with Gasteiger partial charge in [-0.2, -0.15) is 0 Å². The fourth-order valence-electron chi connectivity index (χ4n) is 1.54. The van der Waals surface area contributed by atoms with Gasteiger partial charge in [0.25, 0.3) is 0 Å². The summed E-state index contributed by atoms with van der Waals surface area (Å²) < 4.78 is 0. The Kier molecular flexibility index (Phi) is 3.11. The van der Waals surface area contributed by atoms with Crippen molar-refractivity contribution >= 4 is 12.0 Å². The Bertz CT molecular complexity index is 217. The number of nitrogens with one attached hydrogen (secondary N) is 1. The number of carbonyl (C=O) groups is 2. The van der Waals surface area contributed by atoms with Crippen LogP contribution in [0.4, 0.5) is 4.79 Å². The summed E-state index contributed by atoms with van der Waals surface area (Å²) >= 11 is 0. The lowest BCUT2D eigenvalue weighted by atomic mass is 10.1. The fourth-order valence-corrected chi connectivity index (χ4v) is 1.54. The first kappa shape index (κ1) is 9.83. The molecule has 1 heterocycles. The Morgan fingerprint density at radius 3 is 3.00 bits per heavy atom. The number of amides is 2. The monoisotopic (exact) mass is 186 g/mol. The summed E-state index contributed by atoms with van der Waals surface area (Å²) in [6.45, 7) is 3.28. The molecule has 0 radical (unpaired) electrons. The van der Waals surface area contributed by atoms with Gasteiger partial charge in [-0.3, -0.25) is 4.79 Å². The lowest BCUT2D eigenvalue weighted by molar-refractivity contribution is -0.135. The number of piperidine rings is 1. The van der Waals surface area contributed by atoms with Crippen molar-refractivity contribution in [2.45, 2.75) is 25.8 Å². The van der Waals surface area contributed by atoms with Gasteiger partial charge in [-0.15, -0.1) is 0 Å². The van der Waals surface area contributed by atoms with Crippen LogP contribution in [0.25, 0.3) is 0 Å². The van der Waals surface area contributed by atoms with Gasteiger partial charge in [-0.25, -0.2) is 4.79 Å². The van der Waals surface area contributed by atoms with E-state index in [1.807, 2.05) is 6.92 Å². The maximum Gasteiger partial charge on any atom is 0.405 e. The van der Waals surface area contributed by atoms with Gasteiger partial charge in [-0.1, -0.05) is 0 Å². The zero-order chi connectivity index (χ0) is 9.84. The number of carbonyl (C=O) groups excluding carboxylic acids is 1. The van der Waals surface area contributed by atoms with Gasteiger partial charge in [0.1, 0.15) is 6.04 Å². The van der Waals surface area contributed by atoms with Crippen molar-refractivity contribution in [2.75, 3.05) is 13.1 Å². The molecule has 0 spiro atoms. The van der Waals surface area contributed by atoms with Crippen LogP contribution in [-0.4, -0.2) is 41.1 Å². The highest BCUT2D eigenvalue weighted by Crippen LogP contribution is 2.10. The van der Waals surface area contributed by atoms with Gasteiger partial charge in [0.05, 0.1) is 0 Å². The van der Waals surface area contributed by atoms with E-state index < -0.39 is 12.1 Å². The summed E-state index contributed by atoms with van der Waals surface area (Å²) in [4.78, 5) is 23.5. The molecule has 1 rings (SSSR count). The second kappa shape index (κ2) is 4.11. The first-order valence-electron chi connectivity index (χ1n) is 4.43. The van der Waals surface area contributed by atoms with E-state index in [-0.39, 0.29) is 5.91 Å². The molecule has 1 aliphatic heterocycles. The second-order valence-corrected chi connectivity index (χ2v) is 3.06. The van der Waals surface area contributed by atoms with Crippen LogP contribution in [0, 0.1) is 0 Å². The molecule has 1 aliphatic rings. The number of likely N-dealkylation sites (tertiary alicyclic amines) is 1. The molecule has 5 nitrogen and oxygen atoms in total. The molecule has 1 atom stereocenters. The number of nitrogens with zero attached hydrogens (tertiary/aromatic N) is 1. The molecule has 0 bridgehead atoms. The van der Waals surface area contributed by atoms with E-state index in [4.69, 9.17) is 5.11 Å². The van der Waals surface area contributed by atoms with E-state index in [1.165, 1.54) is 0 Å². The van der Waals surface area contributed by atoms with Gasteiger partial charge < -0.3 is 15.3 Å². The lowest BCUT2D eigenvalue weighted by Crippen LogP contribution is -2.51. The molecule has 0 aromatic heterocycles. The van der Waals surface area contributed by atoms with Crippen LogP contribution in [0.5, 0.6) is 0 Å². The van der Waals surface area contributed by atoms with Crippen molar-refractivity contribution in [3.8, 4) is 0 Å². The van der Waals surface area contributed by atoms with Gasteiger partial charge in [-0.05, 0) is 19.8 Å². The highest BCUT2D eigenvalue weighted by Gasteiger charge is 2.28. The Balaban J connectivity index is 2.54. The molecule has 2 amide bonds. The highest BCUT2D eigenvalue weighted by molar-refractivity contribution is 5.85. The van der Waals surface area contributed by atoms with Crippen molar-refractivity contribution in [2.24, 2.45) is 0 Å². The lowest BCUT2D eigenvalue weighted by Gasteiger charge is -2.31. The minimum Gasteiger partial charge on any atom is -0.465 e. The van der Waals surface area contributed by atoms with Gasteiger partial charge in [0.2, 0.25) is 5.91 Å². The van der Waals surface area contributed by atoms with Crippen LogP contribution in [0.2, 0.25) is 0 Å². The number of rotatable bonds is 2. The van der Waals surface area contributed by atoms with E-state index in [0.717, 1.165) is 13.0 Å². The molecule has 0 aliphatic carbocycles. The fraction of sp³-hybridized carbons (Fsp3) is 0.750. The maximum absolute atomic E-state index is 11.5. The van der Waals surface area contributed by atoms with E-state index in [0.29, 0.717) is 13.0 Å².